The van der Waals surface area contributed by atoms with Crippen LogP contribution in [0.15, 0.2) is 6.33 Å². The molecule has 1 saturated heterocycles. The topological polar surface area (TPSA) is 32.3 Å². The maximum absolute atomic E-state index is 4.47. The smallest absolute Gasteiger partial charge is 0.135 e. The molecular formula is C15H26N4. The van der Waals surface area contributed by atoms with E-state index in [1.807, 2.05) is 0 Å². The SMILES string of the molecule is Cc1ncnc(N2CCC(C(C)N(C)C)CC2)c1C. The van der Waals surface area contributed by atoms with Crippen molar-refractivity contribution in [2.75, 3.05) is 32.1 Å². The summed E-state index contributed by atoms with van der Waals surface area (Å²) in [6.45, 7) is 8.74. The molecule has 19 heavy (non-hydrogen) atoms. The van der Waals surface area contributed by atoms with E-state index in [1.54, 1.807) is 6.33 Å². The molecule has 1 unspecified atom stereocenters. The van der Waals surface area contributed by atoms with Gasteiger partial charge in [0.15, 0.2) is 0 Å². The average molecular weight is 262 g/mol. The Labute approximate surface area is 116 Å². The molecule has 1 atom stereocenters. The first-order chi connectivity index (χ1) is 9.00. The monoisotopic (exact) mass is 262 g/mol. The molecule has 4 nitrogen and oxygen atoms in total. The Morgan fingerprint density at radius 2 is 1.84 bits per heavy atom. The summed E-state index contributed by atoms with van der Waals surface area (Å²) < 4.78 is 0. The third-order valence-corrected chi connectivity index (χ3v) is 4.65. The summed E-state index contributed by atoms with van der Waals surface area (Å²) >= 11 is 0. The first kappa shape index (κ1) is 14.3. The molecule has 2 heterocycles. The van der Waals surface area contributed by atoms with Gasteiger partial charge in [-0.05, 0) is 53.6 Å². The number of aryl methyl sites for hydroxylation is 1. The van der Waals surface area contributed by atoms with Crippen molar-refractivity contribution in [3.63, 3.8) is 0 Å². The van der Waals surface area contributed by atoms with E-state index in [9.17, 15) is 0 Å². The van der Waals surface area contributed by atoms with Crippen LogP contribution in [-0.4, -0.2) is 48.1 Å². The minimum absolute atomic E-state index is 0.662. The van der Waals surface area contributed by atoms with Gasteiger partial charge in [-0.3, -0.25) is 0 Å². The molecule has 1 aliphatic rings. The van der Waals surface area contributed by atoms with E-state index in [2.05, 4.69) is 54.6 Å². The molecule has 1 aromatic rings. The van der Waals surface area contributed by atoms with Crippen molar-refractivity contribution in [3.05, 3.63) is 17.6 Å². The van der Waals surface area contributed by atoms with E-state index in [1.165, 1.54) is 18.4 Å². The largest absolute Gasteiger partial charge is 0.356 e. The van der Waals surface area contributed by atoms with Crippen molar-refractivity contribution in [1.82, 2.24) is 14.9 Å². The normalized spacial score (nSPS) is 18.9. The molecule has 106 valence electrons. The van der Waals surface area contributed by atoms with Crippen molar-refractivity contribution < 1.29 is 0 Å². The second-order valence-electron chi connectivity index (χ2n) is 5.94. The number of aromatic nitrogens is 2. The van der Waals surface area contributed by atoms with Crippen LogP contribution in [0.3, 0.4) is 0 Å². The molecule has 4 heteroatoms. The fourth-order valence-electron chi connectivity index (χ4n) is 2.86. The number of nitrogens with zero attached hydrogens (tertiary/aromatic N) is 4. The zero-order chi connectivity index (χ0) is 14.0. The summed E-state index contributed by atoms with van der Waals surface area (Å²) in [7, 11) is 4.35. The van der Waals surface area contributed by atoms with E-state index in [0.717, 1.165) is 30.5 Å². The number of hydrogen-bond acceptors (Lipinski definition) is 4. The van der Waals surface area contributed by atoms with E-state index in [4.69, 9.17) is 0 Å². The van der Waals surface area contributed by atoms with E-state index < -0.39 is 0 Å². The minimum atomic E-state index is 0.662. The van der Waals surface area contributed by atoms with Crippen LogP contribution in [0.25, 0.3) is 0 Å². The Hall–Kier alpha value is -1.16. The van der Waals surface area contributed by atoms with Crippen LogP contribution in [0.1, 0.15) is 31.0 Å². The second-order valence-corrected chi connectivity index (χ2v) is 5.94. The quantitative estimate of drug-likeness (QED) is 0.836. The van der Waals surface area contributed by atoms with Gasteiger partial charge in [-0.1, -0.05) is 0 Å². The Morgan fingerprint density at radius 1 is 1.21 bits per heavy atom. The van der Waals surface area contributed by atoms with Crippen LogP contribution in [0.4, 0.5) is 5.82 Å². The lowest BCUT2D eigenvalue weighted by Crippen LogP contribution is -2.42. The van der Waals surface area contributed by atoms with Gasteiger partial charge in [0.05, 0.1) is 0 Å². The Morgan fingerprint density at radius 3 is 2.42 bits per heavy atom. The molecule has 0 bridgehead atoms. The molecule has 1 fully saturated rings. The Bertz CT molecular complexity index is 422. The standard InChI is InChI=1S/C15H26N4/c1-11-12(2)16-10-17-15(11)19-8-6-14(7-9-19)13(3)18(4)5/h10,13-14H,6-9H2,1-5H3. The summed E-state index contributed by atoms with van der Waals surface area (Å²) in [5.74, 6) is 1.93. The van der Waals surface area contributed by atoms with Crippen LogP contribution in [0.5, 0.6) is 0 Å². The molecule has 0 aliphatic carbocycles. The second kappa shape index (κ2) is 5.87. The number of hydrogen-bond donors (Lipinski definition) is 0. The third-order valence-electron chi connectivity index (χ3n) is 4.65. The maximum Gasteiger partial charge on any atom is 0.135 e. The van der Waals surface area contributed by atoms with Gasteiger partial charge in [0.25, 0.3) is 0 Å². The van der Waals surface area contributed by atoms with Gasteiger partial charge in [0.1, 0.15) is 12.1 Å². The van der Waals surface area contributed by atoms with Gasteiger partial charge in [0.2, 0.25) is 0 Å². The summed E-state index contributed by atoms with van der Waals surface area (Å²) in [6.07, 6.45) is 4.19. The van der Waals surface area contributed by atoms with Gasteiger partial charge in [0, 0.05) is 30.4 Å². The van der Waals surface area contributed by atoms with Gasteiger partial charge in [-0.25, -0.2) is 9.97 Å². The third kappa shape index (κ3) is 3.06. The van der Waals surface area contributed by atoms with Crippen LogP contribution in [-0.2, 0) is 0 Å². The van der Waals surface area contributed by atoms with Crippen LogP contribution >= 0.6 is 0 Å². The zero-order valence-electron chi connectivity index (χ0n) is 12.8. The molecular weight excluding hydrogens is 236 g/mol. The van der Waals surface area contributed by atoms with Crippen molar-refractivity contribution in [3.8, 4) is 0 Å². The van der Waals surface area contributed by atoms with Crippen molar-refractivity contribution in [2.24, 2.45) is 5.92 Å². The Balaban J connectivity index is 2.02. The van der Waals surface area contributed by atoms with Crippen LogP contribution in [0, 0.1) is 19.8 Å². The number of anilines is 1. The zero-order valence-corrected chi connectivity index (χ0v) is 12.8. The highest BCUT2D eigenvalue weighted by Crippen LogP contribution is 2.27. The molecule has 0 radical (unpaired) electrons. The van der Waals surface area contributed by atoms with Gasteiger partial charge in [-0.15, -0.1) is 0 Å². The molecule has 0 N–H and O–H groups in total. The summed E-state index contributed by atoms with van der Waals surface area (Å²) in [6, 6.07) is 0.662. The fourth-order valence-corrected chi connectivity index (χ4v) is 2.86. The lowest BCUT2D eigenvalue weighted by Gasteiger charge is -2.38. The molecule has 2 rings (SSSR count). The summed E-state index contributed by atoms with van der Waals surface area (Å²) in [5, 5.41) is 0. The molecule has 0 saturated carbocycles. The lowest BCUT2D eigenvalue weighted by molar-refractivity contribution is 0.199. The van der Waals surface area contributed by atoms with Gasteiger partial charge in [-0.2, -0.15) is 0 Å². The summed E-state index contributed by atoms with van der Waals surface area (Å²) in [5.41, 5.74) is 2.32. The van der Waals surface area contributed by atoms with Gasteiger partial charge < -0.3 is 9.80 Å². The number of piperidine rings is 1. The highest BCUT2D eigenvalue weighted by molar-refractivity contribution is 5.47. The molecule has 0 aromatic carbocycles. The molecule has 0 spiro atoms. The first-order valence-electron chi connectivity index (χ1n) is 7.20. The van der Waals surface area contributed by atoms with Crippen LogP contribution in [0.2, 0.25) is 0 Å². The van der Waals surface area contributed by atoms with Crippen molar-refractivity contribution in [2.45, 2.75) is 39.7 Å². The average Bonchev–Trinajstić information content (AvgIpc) is 2.41. The highest BCUT2D eigenvalue weighted by atomic mass is 15.2. The summed E-state index contributed by atoms with van der Waals surface area (Å²) in [4.78, 5) is 13.5. The Kier molecular flexibility index (Phi) is 4.40. The molecule has 1 aromatic heterocycles. The predicted molar refractivity (Wildman–Crippen MR) is 79.6 cm³/mol. The number of rotatable bonds is 3. The van der Waals surface area contributed by atoms with Crippen molar-refractivity contribution in [1.29, 1.82) is 0 Å². The highest BCUT2D eigenvalue weighted by Gasteiger charge is 2.26. The van der Waals surface area contributed by atoms with Crippen LogP contribution < -0.4 is 4.90 Å². The van der Waals surface area contributed by atoms with E-state index >= 15 is 0 Å². The minimum Gasteiger partial charge on any atom is -0.356 e. The van der Waals surface area contributed by atoms with Gasteiger partial charge >= 0.3 is 0 Å². The lowest BCUT2D eigenvalue weighted by atomic mass is 9.89. The van der Waals surface area contributed by atoms with E-state index in [0.29, 0.717) is 6.04 Å². The maximum atomic E-state index is 4.47. The molecule has 1 aliphatic heterocycles. The molecule has 0 amide bonds. The van der Waals surface area contributed by atoms with E-state index in [-0.39, 0.29) is 0 Å². The first-order valence-corrected chi connectivity index (χ1v) is 7.20. The predicted octanol–water partition coefficient (Wildman–Crippen LogP) is 2.26. The van der Waals surface area contributed by atoms with Crippen molar-refractivity contribution >= 4 is 5.82 Å². The fraction of sp³-hybridized carbons (Fsp3) is 0.733.